The van der Waals surface area contributed by atoms with Crippen LogP contribution in [0.4, 0.5) is 11.6 Å². The third kappa shape index (κ3) is 1.98. The molecule has 4 aromatic rings. The lowest BCUT2D eigenvalue weighted by Gasteiger charge is -2.03. The first-order valence-corrected chi connectivity index (χ1v) is 6.75. The Labute approximate surface area is 125 Å². The van der Waals surface area contributed by atoms with Crippen molar-refractivity contribution < 1.29 is 5.11 Å². The van der Waals surface area contributed by atoms with Crippen molar-refractivity contribution in [1.82, 2.24) is 14.6 Å². The van der Waals surface area contributed by atoms with E-state index < -0.39 is 0 Å². The lowest BCUT2D eigenvalue weighted by molar-refractivity contribution is 0.477. The highest BCUT2D eigenvalue weighted by Crippen LogP contribution is 2.35. The molecule has 22 heavy (non-hydrogen) atoms. The first-order valence-electron chi connectivity index (χ1n) is 6.75. The molecule has 106 valence electrons. The van der Waals surface area contributed by atoms with Crippen LogP contribution in [0.2, 0.25) is 0 Å². The van der Waals surface area contributed by atoms with Gasteiger partial charge in [-0.15, -0.1) is 20.4 Å². The second kappa shape index (κ2) is 4.92. The van der Waals surface area contributed by atoms with Crippen LogP contribution in [0, 0.1) is 0 Å². The molecule has 0 aliphatic rings. The van der Waals surface area contributed by atoms with E-state index in [0.717, 1.165) is 10.8 Å². The summed E-state index contributed by atoms with van der Waals surface area (Å²) >= 11 is 0. The van der Waals surface area contributed by atoms with Gasteiger partial charge >= 0.3 is 0 Å². The van der Waals surface area contributed by atoms with Gasteiger partial charge in [-0.3, -0.25) is 4.40 Å². The number of phenols is 1. The second-order valence-electron chi connectivity index (χ2n) is 4.78. The zero-order valence-electron chi connectivity index (χ0n) is 11.5. The summed E-state index contributed by atoms with van der Waals surface area (Å²) in [7, 11) is 0. The smallest absolute Gasteiger partial charge is 0.274 e. The maximum Gasteiger partial charge on any atom is 0.274 e. The second-order valence-corrected chi connectivity index (χ2v) is 4.78. The van der Waals surface area contributed by atoms with E-state index in [0.29, 0.717) is 17.3 Å². The van der Waals surface area contributed by atoms with Gasteiger partial charge in [0, 0.05) is 11.6 Å². The predicted octanol–water partition coefficient (Wildman–Crippen LogP) is 4.00. The first kappa shape index (κ1) is 12.5. The topological polar surface area (TPSA) is 75.1 Å². The number of hydrogen-bond donors (Lipinski definition) is 1. The van der Waals surface area contributed by atoms with E-state index in [1.54, 1.807) is 10.5 Å². The molecule has 0 unspecified atom stereocenters. The van der Waals surface area contributed by atoms with Crippen molar-refractivity contribution in [2.75, 3.05) is 0 Å². The molecule has 6 heteroatoms. The lowest BCUT2D eigenvalue weighted by atomic mass is 10.1. The van der Waals surface area contributed by atoms with Crippen LogP contribution in [0.25, 0.3) is 16.4 Å². The number of phenolic OH excluding ortho intramolecular Hbond substituents is 1. The van der Waals surface area contributed by atoms with Crippen LogP contribution in [0.15, 0.2) is 71.0 Å². The van der Waals surface area contributed by atoms with Gasteiger partial charge in [0.15, 0.2) is 5.65 Å². The van der Waals surface area contributed by atoms with Gasteiger partial charge in [0.1, 0.15) is 11.4 Å². The van der Waals surface area contributed by atoms with E-state index >= 15 is 0 Å². The molecule has 0 saturated heterocycles. The average Bonchev–Trinajstić information content (AvgIpc) is 2.97. The van der Waals surface area contributed by atoms with Gasteiger partial charge in [0.2, 0.25) is 0 Å². The summed E-state index contributed by atoms with van der Waals surface area (Å²) in [5.41, 5.74) is 1.12. The minimum absolute atomic E-state index is 0.0799. The summed E-state index contributed by atoms with van der Waals surface area (Å²) in [5.74, 6) is 0.444. The molecule has 0 saturated carbocycles. The van der Waals surface area contributed by atoms with Gasteiger partial charge in [0.25, 0.3) is 5.95 Å². The van der Waals surface area contributed by atoms with Crippen LogP contribution in [0.3, 0.4) is 0 Å². The highest BCUT2D eigenvalue weighted by Gasteiger charge is 2.07. The molecule has 2 aromatic carbocycles. The number of aromatic hydroxyl groups is 1. The molecule has 0 atom stereocenters. The molecule has 0 fully saturated rings. The van der Waals surface area contributed by atoms with Crippen LogP contribution in [0.1, 0.15) is 0 Å². The summed E-state index contributed by atoms with van der Waals surface area (Å²) in [6.45, 7) is 0. The summed E-state index contributed by atoms with van der Waals surface area (Å²) in [4.78, 5) is 0. The van der Waals surface area contributed by atoms with Gasteiger partial charge in [-0.1, -0.05) is 36.4 Å². The maximum atomic E-state index is 10.1. The Morgan fingerprint density at radius 1 is 0.864 bits per heavy atom. The molecule has 0 radical (unpaired) electrons. The lowest BCUT2D eigenvalue weighted by Crippen LogP contribution is -1.81. The minimum atomic E-state index is 0.0799. The number of benzene rings is 2. The van der Waals surface area contributed by atoms with Crippen molar-refractivity contribution in [3.05, 3.63) is 60.8 Å². The van der Waals surface area contributed by atoms with E-state index in [1.807, 2.05) is 54.7 Å². The Morgan fingerprint density at radius 3 is 2.68 bits per heavy atom. The minimum Gasteiger partial charge on any atom is -0.506 e. The maximum absolute atomic E-state index is 10.1. The Kier molecular flexibility index (Phi) is 2.79. The number of azo groups is 1. The SMILES string of the molecule is Oc1ccc2ccccc2c1N=Nc1nnc2ccccn12. The Bertz CT molecular complexity index is 1010. The number of nitrogens with zero attached hydrogens (tertiary/aromatic N) is 5. The molecule has 4 rings (SSSR count). The van der Waals surface area contributed by atoms with Crippen molar-refractivity contribution in [2.45, 2.75) is 0 Å². The molecule has 0 bridgehead atoms. The van der Waals surface area contributed by atoms with Crippen molar-refractivity contribution >= 4 is 28.1 Å². The summed E-state index contributed by atoms with van der Waals surface area (Å²) in [5, 5.41) is 28.2. The summed E-state index contributed by atoms with van der Waals surface area (Å²) in [6, 6.07) is 16.7. The molecule has 2 aromatic heterocycles. The molecule has 6 nitrogen and oxygen atoms in total. The molecule has 1 N–H and O–H groups in total. The molecule has 0 aliphatic heterocycles. The van der Waals surface area contributed by atoms with Crippen molar-refractivity contribution in [3.8, 4) is 5.75 Å². The number of rotatable bonds is 2. The van der Waals surface area contributed by atoms with Crippen LogP contribution < -0.4 is 0 Å². The van der Waals surface area contributed by atoms with Crippen LogP contribution >= 0.6 is 0 Å². The molecular weight excluding hydrogens is 278 g/mol. The largest absolute Gasteiger partial charge is 0.506 e. The molecule has 2 heterocycles. The standard InChI is InChI=1S/C16H11N5O/c22-13-9-8-11-5-1-2-6-12(11)15(13)18-20-16-19-17-14-7-3-4-10-21(14)16/h1-10,22H. The molecule has 0 aliphatic carbocycles. The first-order chi connectivity index (χ1) is 10.8. The average molecular weight is 289 g/mol. The third-order valence-electron chi connectivity index (χ3n) is 3.41. The van der Waals surface area contributed by atoms with Gasteiger partial charge in [-0.25, -0.2) is 0 Å². The summed E-state index contributed by atoms with van der Waals surface area (Å²) < 4.78 is 1.73. The van der Waals surface area contributed by atoms with E-state index in [2.05, 4.69) is 20.4 Å². The Hall–Kier alpha value is -3.28. The van der Waals surface area contributed by atoms with Gasteiger partial charge in [0.05, 0.1) is 0 Å². The number of aromatic nitrogens is 3. The fraction of sp³-hybridized carbons (Fsp3) is 0. The number of pyridine rings is 1. The van der Waals surface area contributed by atoms with Crippen LogP contribution in [0.5, 0.6) is 5.75 Å². The zero-order valence-corrected chi connectivity index (χ0v) is 11.5. The van der Waals surface area contributed by atoms with Gasteiger partial charge in [-0.05, 0) is 23.6 Å². The van der Waals surface area contributed by atoms with Gasteiger partial charge in [-0.2, -0.15) is 0 Å². The van der Waals surface area contributed by atoms with Crippen molar-refractivity contribution in [1.29, 1.82) is 0 Å². The van der Waals surface area contributed by atoms with Crippen LogP contribution in [-0.4, -0.2) is 19.7 Å². The number of fused-ring (bicyclic) bond motifs is 2. The van der Waals surface area contributed by atoms with E-state index in [4.69, 9.17) is 0 Å². The quantitative estimate of drug-likeness (QED) is 0.567. The monoisotopic (exact) mass is 289 g/mol. The van der Waals surface area contributed by atoms with Crippen LogP contribution in [-0.2, 0) is 0 Å². The molecule has 0 spiro atoms. The van der Waals surface area contributed by atoms with E-state index in [-0.39, 0.29) is 5.75 Å². The number of hydrogen-bond acceptors (Lipinski definition) is 5. The zero-order chi connectivity index (χ0) is 14.9. The van der Waals surface area contributed by atoms with Gasteiger partial charge < -0.3 is 5.11 Å². The predicted molar refractivity (Wildman–Crippen MR) is 82.8 cm³/mol. The van der Waals surface area contributed by atoms with Crippen molar-refractivity contribution in [2.24, 2.45) is 10.2 Å². The fourth-order valence-electron chi connectivity index (χ4n) is 2.34. The Morgan fingerprint density at radius 2 is 1.73 bits per heavy atom. The molecular formula is C16H11N5O. The normalized spacial score (nSPS) is 11.6. The Balaban J connectivity index is 1.85. The third-order valence-corrected chi connectivity index (χ3v) is 3.41. The van der Waals surface area contributed by atoms with E-state index in [1.165, 1.54) is 0 Å². The highest BCUT2D eigenvalue weighted by atomic mass is 16.3. The van der Waals surface area contributed by atoms with E-state index in [9.17, 15) is 5.11 Å². The molecule has 0 amide bonds. The van der Waals surface area contributed by atoms with Crippen molar-refractivity contribution in [3.63, 3.8) is 0 Å². The highest BCUT2D eigenvalue weighted by molar-refractivity contribution is 5.95. The summed E-state index contributed by atoms with van der Waals surface area (Å²) in [6.07, 6.45) is 1.81. The fourth-order valence-corrected chi connectivity index (χ4v) is 2.34.